The Bertz CT molecular complexity index is 338. The molecule has 1 aliphatic heterocycles. The van der Waals surface area contributed by atoms with Gasteiger partial charge in [0.25, 0.3) is 0 Å². The van der Waals surface area contributed by atoms with Crippen molar-refractivity contribution in [1.29, 1.82) is 0 Å². The van der Waals surface area contributed by atoms with Crippen molar-refractivity contribution in [3.05, 3.63) is 23.8 Å². The van der Waals surface area contributed by atoms with E-state index in [-0.39, 0.29) is 0 Å². The van der Waals surface area contributed by atoms with E-state index in [4.69, 9.17) is 0 Å². The minimum atomic E-state index is -0.531. The fraction of sp³-hybridized carbons (Fsp3) is 0.400. The Kier molecular flexibility index (Phi) is 1.70. The molecule has 0 amide bonds. The van der Waals surface area contributed by atoms with Gasteiger partial charge in [0, 0.05) is 14.1 Å². The maximum atomic E-state index is 9.76. The van der Waals surface area contributed by atoms with Gasteiger partial charge in [-0.15, -0.1) is 0 Å². The Labute approximate surface area is 78.2 Å². The van der Waals surface area contributed by atoms with Gasteiger partial charge in [0.05, 0.1) is 11.4 Å². The molecule has 3 nitrogen and oxygen atoms in total. The third kappa shape index (κ3) is 1.00. The van der Waals surface area contributed by atoms with E-state index in [9.17, 15) is 5.11 Å². The van der Waals surface area contributed by atoms with Gasteiger partial charge in [-0.2, -0.15) is 0 Å². The van der Waals surface area contributed by atoms with Gasteiger partial charge in [-0.25, -0.2) is 0 Å². The van der Waals surface area contributed by atoms with Crippen molar-refractivity contribution in [2.75, 3.05) is 23.9 Å². The molecule has 3 heteroatoms. The molecule has 0 aliphatic carbocycles. The van der Waals surface area contributed by atoms with Crippen molar-refractivity contribution in [2.45, 2.75) is 13.3 Å². The zero-order chi connectivity index (χ0) is 9.59. The van der Waals surface area contributed by atoms with Crippen molar-refractivity contribution in [3.63, 3.8) is 0 Å². The molecule has 0 saturated heterocycles. The summed E-state index contributed by atoms with van der Waals surface area (Å²) in [6.07, 6.45) is -0.531. The van der Waals surface area contributed by atoms with E-state index in [2.05, 4.69) is 13.0 Å². The first-order valence-corrected chi connectivity index (χ1v) is 4.36. The van der Waals surface area contributed by atoms with Crippen molar-refractivity contribution in [3.8, 4) is 0 Å². The summed E-state index contributed by atoms with van der Waals surface area (Å²) in [7, 11) is 3.80. The number of aliphatic hydroxyl groups excluding tert-OH is 1. The highest BCUT2D eigenvalue weighted by Crippen LogP contribution is 2.38. The van der Waals surface area contributed by atoms with Crippen LogP contribution in [0.15, 0.2) is 18.2 Å². The molecule has 1 aromatic carbocycles. The number of fused-ring (bicyclic) bond motifs is 1. The van der Waals surface area contributed by atoms with Crippen LogP contribution in [0.4, 0.5) is 11.4 Å². The summed E-state index contributed by atoms with van der Waals surface area (Å²) < 4.78 is 0. The smallest absolute Gasteiger partial charge is 0.207 e. The second kappa shape index (κ2) is 2.64. The average molecular weight is 178 g/mol. The van der Waals surface area contributed by atoms with Crippen LogP contribution in [0.2, 0.25) is 0 Å². The summed E-state index contributed by atoms with van der Waals surface area (Å²) in [5.41, 5.74) is 3.41. The predicted octanol–water partition coefficient (Wildman–Crippen LogP) is 1.16. The molecule has 1 N–H and O–H groups in total. The number of hydrogen-bond donors (Lipinski definition) is 1. The van der Waals surface area contributed by atoms with E-state index >= 15 is 0 Å². The number of aliphatic hydroxyl groups is 1. The standard InChI is InChI=1S/C10H14N2O/c1-7-5-4-6-8-9(7)12(3)10(13)11(8)2/h4-6,10,13H,1-3H3. The fourth-order valence-corrected chi connectivity index (χ4v) is 1.89. The summed E-state index contributed by atoms with van der Waals surface area (Å²) in [6.45, 7) is 2.06. The van der Waals surface area contributed by atoms with Gasteiger partial charge in [-0.1, -0.05) is 12.1 Å². The van der Waals surface area contributed by atoms with E-state index in [1.54, 1.807) is 0 Å². The Balaban J connectivity index is 2.60. The number of aryl methyl sites for hydroxylation is 1. The Hall–Kier alpha value is -1.22. The predicted molar refractivity (Wildman–Crippen MR) is 54.0 cm³/mol. The third-order valence-corrected chi connectivity index (χ3v) is 2.64. The molecular formula is C10H14N2O. The lowest BCUT2D eigenvalue weighted by atomic mass is 10.1. The maximum absolute atomic E-state index is 9.76. The quantitative estimate of drug-likeness (QED) is 0.645. The maximum Gasteiger partial charge on any atom is 0.207 e. The van der Waals surface area contributed by atoms with E-state index < -0.39 is 6.35 Å². The normalized spacial score (nSPS) is 20.8. The molecule has 0 saturated carbocycles. The number of benzene rings is 1. The van der Waals surface area contributed by atoms with E-state index in [0.29, 0.717) is 0 Å². The molecule has 0 radical (unpaired) electrons. The minimum Gasteiger partial charge on any atom is -0.356 e. The van der Waals surface area contributed by atoms with E-state index in [0.717, 1.165) is 11.4 Å². The summed E-state index contributed by atoms with van der Waals surface area (Å²) in [5, 5.41) is 9.76. The summed E-state index contributed by atoms with van der Waals surface area (Å²) in [5.74, 6) is 0. The highest BCUT2D eigenvalue weighted by Gasteiger charge is 2.29. The SMILES string of the molecule is Cc1cccc2c1N(C)C(O)N2C. The van der Waals surface area contributed by atoms with Crippen LogP contribution >= 0.6 is 0 Å². The first-order chi connectivity index (χ1) is 6.13. The third-order valence-electron chi connectivity index (χ3n) is 2.64. The van der Waals surface area contributed by atoms with Crippen LogP contribution < -0.4 is 9.80 Å². The number of anilines is 2. The molecule has 1 aliphatic rings. The monoisotopic (exact) mass is 178 g/mol. The summed E-state index contributed by atoms with van der Waals surface area (Å²) in [4.78, 5) is 3.74. The highest BCUT2D eigenvalue weighted by molar-refractivity contribution is 5.79. The molecule has 0 bridgehead atoms. The summed E-state index contributed by atoms with van der Waals surface area (Å²) in [6, 6.07) is 6.09. The van der Waals surface area contributed by atoms with E-state index in [1.807, 2.05) is 36.0 Å². The molecule has 1 atom stereocenters. The Morgan fingerprint density at radius 1 is 1.23 bits per heavy atom. The lowest BCUT2D eigenvalue weighted by Gasteiger charge is -2.21. The number of rotatable bonds is 0. The van der Waals surface area contributed by atoms with Crippen LogP contribution in [0, 0.1) is 6.92 Å². The number of nitrogens with zero attached hydrogens (tertiary/aromatic N) is 2. The minimum absolute atomic E-state index is 0.531. The molecule has 70 valence electrons. The van der Waals surface area contributed by atoms with Gasteiger partial charge in [-0.05, 0) is 18.6 Å². The van der Waals surface area contributed by atoms with Gasteiger partial charge >= 0.3 is 0 Å². The second-order valence-corrected chi connectivity index (χ2v) is 3.51. The van der Waals surface area contributed by atoms with Gasteiger partial charge in [-0.3, -0.25) is 0 Å². The van der Waals surface area contributed by atoms with Gasteiger partial charge in [0.2, 0.25) is 6.35 Å². The van der Waals surface area contributed by atoms with Crippen molar-refractivity contribution < 1.29 is 5.11 Å². The number of para-hydroxylation sites is 1. The van der Waals surface area contributed by atoms with Gasteiger partial charge in [0.15, 0.2) is 0 Å². The van der Waals surface area contributed by atoms with E-state index in [1.165, 1.54) is 5.56 Å². The Morgan fingerprint density at radius 3 is 2.54 bits per heavy atom. The zero-order valence-electron chi connectivity index (χ0n) is 8.15. The largest absolute Gasteiger partial charge is 0.356 e. The second-order valence-electron chi connectivity index (χ2n) is 3.51. The molecular weight excluding hydrogens is 164 g/mol. The average Bonchev–Trinajstić information content (AvgIpc) is 2.33. The fourth-order valence-electron chi connectivity index (χ4n) is 1.89. The lowest BCUT2D eigenvalue weighted by Crippen LogP contribution is -2.38. The summed E-state index contributed by atoms with van der Waals surface area (Å²) >= 11 is 0. The Morgan fingerprint density at radius 2 is 1.92 bits per heavy atom. The molecule has 0 fully saturated rings. The highest BCUT2D eigenvalue weighted by atomic mass is 16.3. The molecule has 0 aromatic heterocycles. The van der Waals surface area contributed by atoms with Crippen LogP contribution in [-0.4, -0.2) is 25.6 Å². The molecule has 1 aromatic rings. The lowest BCUT2D eigenvalue weighted by molar-refractivity contribution is 0.183. The molecule has 2 rings (SSSR count). The van der Waals surface area contributed by atoms with Gasteiger partial charge < -0.3 is 14.9 Å². The van der Waals surface area contributed by atoms with Crippen molar-refractivity contribution >= 4 is 11.4 Å². The van der Waals surface area contributed by atoms with Crippen LogP contribution in [0.1, 0.15) is 5.56 Å². The van der Waals surface area contributed by atoms with Crippen molar-refractivity contribution in [1.82, 2.24) is 0 Å². The zero-order valence-corrected chi connectivity index (χ0v) is 8.15. The van der Waals surface area contributed by atoms with Crippen molar-refractivity contribution in [2.24, 2.45) is 0 Å². The molecule has 0 spiro atoms. The van der Waals surface area contributed by atoms with Crippen LogP contribution in [0.5, 0.6) is 0 Å². The molecule has 1 heterocycles. The van der Waals surface area contributed by atoms with Crippen LogP contribution in [0.25, 0.3) is 0 Å². The van der Waals surface area contributed by atoms with Crippen LogP contribution in [-0.2, 0) is 0 Å². The molecule has 1 unspecified atom stereocenters. The van der Waals surface area contributed by atoms with Gasteiger partial charge in [0.1, 0.15) is 0 Å². The van der Waals surface area contributed by atoms with Crippen LogP contribution in [0.3, 0.4) is 0 Å². The first-order valence-electron chi connectivity index (χ1n) is 4.36. The molecule has 13 heavy (non-hydrogen) atoms. The number of hydrogen-bond acceptors (Lipinski definition) is 3. The topological polar surface area (TPSA) is 26.7 Å². The first kappa shape index (κ1) is 8.38.